The van der Waals surface area contributed by atoms with Crippen molar-refractivity contribution in [2.45, 2.75) is 18.8 Å². The molecule has 2 atom stereocenters. The van der Waals surface area contributed by atoms with Crippen LogP contribution in [-0.4, -0.2) is 16.3 Å². The van der Waals surface area contributed by atoms with Gasteiger partial charge in [0, 0.05) is 6.54 Å². The Hall–Kier alpha value is -1.41. The monoisotopic (exact) mass is 192 g/mol. The molecule has 0 bridgehead atoms. The van der Waals surface area contributed by atoms with Gasteiger partial charge >= 0.3 is 0 Å². The summed E-state index contributed by atoms with van der Waals surface area (Å²) in [6.07, 6.45) is -2.61. The summed E-state index contributed by atoms with van der Waals surface area (Å²) in [4.78, 5) is 0. The van der Waals surface area contributed by atoms with E-state index in [1.165, 1.54) is 0 Å². The molecule has 1 rings (SSSR count). The van der Waals surface area contributed by atoms with Crippen molar-refractivity contribution in [1.29, 1.82) is 5.26 Å². The Kier molecular flexibility index (Phi) is 3.60. The number of aliphatic hydroxyl groups excluding tert-OH is 2. The molecular weight excluding hydrogens is 180 g/mol. The molecule has 0 fully saturated rings. The zero-order valence-corrected chi connectivity index (χ0v) is 7.59. The van der Waals surface area contributed by atoms with Crippen LogP contribution in [0.1, 0.15) is 17.2 Å². The lowest BCUT2D eigenvalue weighted by atomic mass is 9.99. The summed E-state index contributed by atoms with van der Waals surface area (Å²) in [5, 5.41) is 27.2. The maximum absolute atomic E-state index is 9.57. The molecule has 0 spiro atoms. The number of aliphatic hydroxyl groups is 2. The standard InChI is InChI=1S/C10H12N2O2/c11-5-7-3-1-2-4-8(7)10(14)9(13)6-12/h1-4,9-10,13-14H,5,11H2. The molecule has 0 aromatic heterocycles. The van der Waals surface area contributed by atoms with Crippen LogP contribution in [0.25, 0.3) is 0 Å². The van der Waals surface area contributed by atoms with Crippen LogP contribution in [0.3, 0.4) is 0 Å². The predicted molar refractivity (Wildman–Crippen MR) is 50.9 cm³/mol. The third-order valence-corrected chi connectivity index (χ3v) is 2.02. The minimum Gasteiger partial charge on any atom is -0.385 e. The second kappa shape index (κ2) is 4.72. The molecule has 1 aromatic carbocycles. The first kappa shape index (κ1) is 10.7. The van der Waals surface area contributed by atoms with E-state index < -0.39 is 12.2 Å². The van der Waals surface area contributed by atoms with Gasteiger partial charge < -0.3 is 15.9 Å². The normalized spacial score (nSPS) is 14.4. The Morgan fingerprint density at radius 3 is 2.57 bits per heavy atom. The van der Waals surface area contributed by atoms with Crippen LogP contribution in [0.15, 0.2) is 24.3 Å². The highest BCUT2D eigenvalue weighted by atomic mass is 16.3. The fraction of sp³-hybridized carbons (Fsp3) is 0.300. The smallest absolute Gasteiger partial charge is 0.170 e. The lowest BCUT2D eigenvalue weighted by Gasteiger charge is -2.15. The number of rotatable bonds is 3. The summed E-state index contributed by atoms with van der Waals surface area (Å²) in [5.74, 6) is 0. The molecule has 0 radical (unpaired) electrons. The number of hydrogen-bond acceptors (Lipinski definition) is 4. The van der Waals surface area contributed by atoms with Gasteiger partial charge in [-0.05, 0) is 11.1 Å². The highest BCUT2D eigenvalue weighted by Crippen LogP contribution is 2.20. The highest BCUT2D eigenvalue weighted by molar-refractivity contribution is 5.30. The van der Waals surface area contributed by atoms with Gasteiger partial charge in [0.1, 0.15) is 6.10 Å². The van der Waals surface area contributed by atoms with E-state index in [1.807, 2.05) is 0 Å². The summed E-state index contributed by atoms with van der Waals surface area (Å²) in [5.41, 5.74) is 6.69. The van der Waals surface area contributed by atoms with E-state index in [0.717, 1.165) is 5.56 Å². The van der Waals surface area contributed by atoms with E-state index in [-0.39, 0.29) is 6.54 Å². The number of nitrogens with zero attached hydrogens (tertiary/aromatic N) is 1. The Bertz CT molecular complexity index is 346. The van der Waals surface area contributed by atoms with Crippen LogP contribution < -0.4 is 5.73 Å². The van der Waals surface area contributed by atoms with E-state index in [1.54, 1.807) is 30.3 Å². The zero-order chi connectivity index (χ0) is 10.6. The average Bonchev–Trinajstić information content (AvgIpc) is 2.26. The molecule has 0 saturated heterocycles. The van der Waals surface area contributed by atoms with Crippen molar-refractivity contribution in [1.82, 2.24) is 0 Å². The molecule has 14 heavy (non-hydrogen) atoms. The van der Waals surface area contributed by atoms with Crippen LogP contribution in [-0.2, 0) is 6.54 Å². The molecule has 0 heterocycles. The van der Waals surface area contributed by atoms with Gasteiger partial charge in [-0.25, -0.2) is 0 Å². The predicted octanol–water partition coefficient (Wildman–Crippen LogP) is 0.0632. The Morgan fingerprint density at radius 1 is 1.36 bits per heavy atom. The fourth-order valence-electron chi connectivity index (χ4n) is 1.25. The molecule has 4 N–H and O–H groups in total. The van der Waals surface area contributed by atoms with Crippen LogP contribution >= 0.6 is 0 Å². The van der Waals surface area contributed by atoms with E-state index >= 15 is 0 Å². The lowest BCUT2D eigenvalue weighted by Crippen LogP contribution is -2.18. The minimum absolute atomic E-state index is 0.269. The maximum atomic E-state index is 9.57. The maximum Gasteiger partial charge on any atom is 0.170 e. The van der Waals surface area contributed by atoms with Crippen molar-refractivity contribution in [3.63, 3.8) is 0 Å². The second-order valence-corrected chi connectivity index (χ2v) is 2.92. The summed E-state index contributed by atoms with van der Waals surface area (Å²) < 4.78 is 0. The van der Waals surface area contributed by atoms with Gasteiger partial charge in [-0.1, -0.05) is 24.3 Å². The molecule has 0 saturated carbocycles. The fourth-order valence-corrected chi connectivity index (χ4v) is 1.25. The SMILES string of the molecule is N#CC(O)C(O)c1ccccc1CN. The Balaban J connectivity index is 3.00. The third kappa shape index (κ3) is 2.09. The number of nitrogens with two attached hydrogens (primary N) is 1. The second-order valence-electron chi connectivity index (χ2n) is 2.92. The zero-order valence-electron chi connectivity index (χ0n) is 7.59. The van der Waals surface area contributed by atoms with Crippen LogP contribution in [0.4, 0.5) is 0 Å². The molecule has 0 aliphatic rings. The first-order valence-electron chi connectivity index (χ1n) is 4.24. The van der Waals surface area contributed by atoms with Gasteiger partial charge in [-0.15, -0.1) is 0 Å². The number of hydrogen-bond donors (Lipinski definition) is 3. The van der Waals surface area contributed by atoms with Crippen molar-refractivity contribution in [3.8, 4) is 6.07 Å². The van der Waals surface area contributed by atoms with Crippen molar-refractivity contribution in [3.05, 3.63) is 35.4 Å². The molecule has 1 aromatic rings. The Morgan fingerprint density at radius 2 is 2.00 bits per heavy atom. The summed E-state index contributed by atoms with van der Waals surface area (Å²) in [6, 6.07) is 8.49. The summed E-state index contributed by atoms with van der Waals surface area (Å²) in [6.45, 7) is 0.269. The molecule has 0 aliphatic carbocycles. The van der Waals surface area contributed by atoms with Crippen LogP contribution in [0, 0.1) is 11.3 Å². The van der Waals surface area contributed by atoms with Gasteiger partial charge in [0.05, 0.1) is 6.07 Å². The van der Waals surface area contributed by atoms with Gasteiger partial charge in [0.15, 0.2) is 6.10 Å². The van der Waals surface area contributed by atoms with Gasteiger partial charge in [0.25, 0.3) is 0 Å². The molecular formula is C10H12N2O2. The summed E-state index contributed by atoms with van der Waals surface area (Å²) in [7, 11) is 0. The quantitative estimate of drug-likeness (QED) is 0.591. The van der Waals surface area contributed by atoms with Gasteiger partial charge in [0.2, 0.25) is 0 Å². The number of nitriles is 1. The topological polar surface area (TPSA) is 90.3 Å². The van der Waals surface area contributed by atoms with Crippen molar-refractivity contribution in [2.24, 2.45) is 5.73 Å². The van der Waals surface area contributed by atoms with E-state index in [2.05, 4.69) is 0 Å². The summed E-state index contributed by atoms with van der Waals surface area (Å²) >= 11 is 0. The average molecular weight is 192 g/mol. The number of benzene rings is 1. The van der Waals surface area contributed by atoms with Crippen molar-refractivity contribution in [2.75, 3.05) is 0 Å². The Labute approximate surface area is 82.2 Å². The van der Waals surface area contributed by atoms with E-state index in [0.29, 0.717) is 5.56 Å². The van der Waals surface area contributed by atoms with E-state index in [9.17, 15) is 5.11 Å². The highest BCUT2D eigenvalue weighted by Gasteiger charge is 2.19. The van der Waals surface area contributed by atoms with Crippen LogP contribution in [0.2, 0.25) is 0 Å². The molecule has 74 valence electrons. The molecule has 0 aliphatic heterocycles. The van der Waals surface area contributed by atoms with E-state index in [4.69, 9.17) is 16.1 Å². The molecule has 2 unspecified atom stereocenters. The first-order valence-corrected chi connectivity index (χ1v) is 4.24. The van der Waals surface area contributed by atoms with Gasteiger partial charge in [-0.3, -0.25) is 0 Å². The minimum atomic E-state index is -1.41. The largest absolute Gasteiger partial charge is 0.385 e. The molecule has 4 heteroatoms. The van der Waals surface area contributed by atoms with Gasteiger partial charge in [-0.2, -0.15) is 5.26 Å². The lowest BCUT2D eigenvalue weighted by molar-refractivity contribution is 0.0522. The van der Waals surface area contributed by atoms with Crippen LogP contribution in [0.5, 0.6) is 0 Å². The first-order chi connectivity index (χ1) is 6.70. The van der Waals surface area contributed by atoms with Crippen molar-refractivity contribution >= 4 is 0 Å². The molecule has 4 nitrogen and oxygen atoms in total. The third-order valence-electron chi connectivity index (χ3n) is 2.02. The van der Waals surface area contributed by atoms with Crippen molar-refractivity contribution < 1.29 is 10.2 Å². The molecule has 0 amide bonds.